The van der Waals surface area contributed by atoms with Crippen LogP contribution in [-0.2, 0) is 12.6 Å². The summed E-state index contributed by atoms with van der Waals surface area (Å²) in [7, 11) is 0. The average Bonchev–Trinajstić information content (AvgIpc) is 2.96. The van der Waals surface area contributed by atoms with Gasteiger partial charge in [0.05, 0.1) is 5.56 Å². The van der Waals surface area contributed by atoms with Gasteiger partial charge in [0, 0.05) is 6.42 Å². The largest absolute Gasteiger partial charge is 0.454 e. The molecule has 1 aromatic heterocycles. The summed E-state index contributed by atoms with van der Waals surface area (Å²) in [5.41, 5.74) is -1.66. The summed E-state index contributed by atoms with van der Waals surface area (Å²) >= 11 is 0. The summed E-state index contributed by atoms with van der Waals surface area (Å²) in [4.78, 5) is 11.5. The van der Waals surface area contributed by atoms with Gasteiger partial charge in [0.1, 0.15) is 5.69 Å². The third-order valence-electron chi connectivity index (χ3n) is 2.98. The van der Waals surface area contributed by atoms with Gasteiger partial charge in [-0.05, 0) is 17.7 Å². The lowest BCUT2D eigenvalue weighted by Crippen LogP contribution is -2.13. The number of aromatic nitrogens is 2. The second-order valence-electron chi connectivity index (χ2n) is 4.29. The van der Waals surface area contributed by atoms with Crippen LogP contribution in [0.3, 0.4) is 0 Å². The second-order valence-corrected chi connectivity index (χ2v) is 4.29. The molecule has 0 spiro atoms. The van der Waals surface area contributed by atoms with Crippen molar-refractivity contribution in [1.82, 2.24) is 10.2 Å². The number of benzene rings is 1. The molecule has 3 rings (SSSR count). The van der Waals surface area contributed by atoms with Crippen LogP contribution in [-0.4, -0.2) is 17.0 Å². The zero-order valence-corrected chi connectivity index (χ0v) is 10.0. The molecule has 1 aliphatic heterocycles. The van der Waals surface area contributed by atoms with E-state index >= 15 is 0 Å². The van der Waals surface area contributed by atoms with Crippen molar-refractivity contribution in [3.8, 4) is 11.5 Å². The molecule has 5 nitrogen and oxygen atoms in total. The SMILES string of the molecule is O=c1[nH][nH]c(C(F)(F)F)c1Cc1ccc2c(c1)OCO2. The third kappa shape index (κ3) is 2.13. The van der Waals surface area contributed by atoms with Crippen LogP contribution in [0.4, 0.5) is 13.2 Å². The van der Waals surface area contributed by atoms with Gasteiger partial charge in [0.25, 0.3) is 5.56 Å². The normalized spacial score (nSPS) is 13.8. The third-order valence-corrected chi connectivity index (χ3v) is 2.98. The Kier molecular flexibility index (Phi) is 2.73. The van der Waals surface area contributed by atoms with Crippen LogP contribution in [0.25, 0.3) is 0 Å². The van der Waals surface area contributed by atoms with Crippen molar-refractivity contribution in [1.29, 1.82) is 0 Å². The van der Waals surface area contributed by atoms with Gasteiger partial charge in [-0.2, -0.15) is 13.2 Å². The van der Waals surface area contributed by atoms with Gasteiger partial charge in [-0.3, -0.25) is 15.0 Å². The Balaban J connectivity index is 1.96. The molecule has 2 aromatic rings. The molecule has 0 aliphatic carbocycles. The first-order valence-corrected chi connectivity index (χ1v) is 5.70. The first-order chi connectivity index (χ1) is 9.45. The molecule has 0 saturated carbocycles. The number of aromatic amines is 2. The number of hydrogen-bond donors (Lipinski definition) is 2. The molecule has 0 saturated heterocycles. The molecular formula is C12H9F3N2O3. The number of fused-ring (bicyclic) bond motifs is 1. The Morgan fingerprint density at radius 3 is 2.65 bits per heavy atom. The highest BCUT2D eigenvalue weighted by Crippen LogP contribution is 2.34. The van der Waals surface area contributed by atoms with Crippen LogP contribution in [0.5, 0.6) is 11.5 Å². The highest BCUT2D eigenvalue weighted by Gasteiger charge is 2.36. The Hall–Kier alpha value is -2.38. The van der Waals surface area contributed by atoms with Crippen LogP contribution in [0, 0.1) is 0 Å². The molecule has 1 aromatic carbocycles. The van der Waals surface area contributed by atoms with E-state index in [0.717, 1.165) is 0 Å². The van der Waals surface area contributed by atoms with Crippen molar-refractivity contribution >= 4 is 0 Å². The van der Waals surface area contributed by atoms with Gasteiger partial charge in [-0.25, -0.2) is 0 Å². The molecule has 0 bridgehead atoms. The molecule has 106 valence electrons. The highest BCUT2D eigenvalue weighted by molar-refractivity contribution is 5.45. The smallest absolute Gasteiger partial charge is 0.433 e. The molecule has 2 heterocycles. The number of hydrogen-bond acceptors (Lipinski definition) is 3. The summed E-state index contributed by atoms with van der Waals surface area (Å²) in [6.45, 7) is 0.0807. The van der Waals surface area contributed by atoms with E-state index in [1.165, 1.54) is 0 Å². The number of alkyl halides is 3. The molecule has 20 heavy (non-hydrogen) atoms. The zero-order chi connectivity index (χ0) is 14.3. The van der Waals surface area contributed by atoms with E-state index in [4.69, 9.17) is 9.47 Å². The second kappa shape index (κ2) is 4.32. The lowest BCUT2D eigenvalue weighted by atomic mass is 10.0. The monoisotopic (exact) mass is 286 g/mol. The van der Waals surface area contributed by atoms with Crippen molar-refractivity contribution in [3.05, 3.63) is 45.4 Å². The topological polar surface area (TPSA) is 67.1 Å². The van der Waals surface area contributed by atoms with E-state index in [0.29, 0.717) is 17.1 Å². The minimum absolute atomic E-state index is 0.0807. The lowest BCUT2D eigenvalue weighted by Gasteiger charge is -2.07. The summed E-state index contributed by atoms with van der Waals surface area (Å²) in [6, 6.07) is 4.76. The van der Waals surface area contributed by atoms with Gasteiger partial charge in [0.15, 0.2) is 11.5 Å². The van der Waals surface area contributed by atoms with Gasteiger partial charge in [-0.15, -0.1) is 0 Å². The molecule has 0 fully saturated rings. The summed E-state index contributed by atoms with van der Waals surface area (Å²) < 4.78 is 48.5. The number of ether oxygens (including phenoxy) is 2. The van der Waals surface area contributed by atoms with E-state index in [9.17, 15) is 18.0 Å². The van der Waals surface area contributed by atoms with E-state index in [2.05, 4.69) is 0 Å². The first-order valence-electron chi connectivity index (χ1n) is 5.70. The van der Waals surface area contributed by atoms with Gasteiger partial charge < -0.3 is 9.47 Å². The Labute approximate surface area is 110 Å². The van der Waals surface area contributed by atoms with E-state index < -0.39 is 17.4 Å². The van der Waals surface area contributed by atoms with E-state index in [1.54, 1.807) is 18.2 Å². The van der Waals surface area contributed by atoms with Crippen LogP contribution < -0.4 is 15.0 Å². The first kappa shape index (κ1) is 12.6. The fraction of sp³-hybridized carbons (Fsp3) is 0.250. The summed E-state index contributed by atoms with van der Waals surface area (Å²) in [5, 5.41) is 3.83. The van der Waals surface area contributed by atoms with Gasteiger partial charge in [0.2, 0.25) is 6.79 Å². The van der Waals surface area contributed by atoms with Crippen LogP contribution in [0.1, 0.15) is 16.8 Å². The minimum atomic E-state index is -4.61. The maximum Gasteiger partial charge on any atom is 0.433 e. The maximum atomic E-state index is 12.7. The van der Waals surface area contributed by atoms with Crippen molar-refractivity contribution in [3.63, 3.8) is 0 Å². The predicted molar refractivity (Wildman–Crippen MR) is 61.8 cm³/mol. The van der Waals surface area contributed by atoms with Crippen molar-refractivity contribution < 1.29 is 22.6 Å². The predicted octanol–water partition coefficient (Wildman–Crippen LogP) is 2.04. The van der Waals surface area contributed by atoms with Crippen molar-refractivity contribution in [2.45, 2.75) is 12.6 Å². The van der Waals surface area contributed by atoms with Crippen molar-refractivity contribution in [2.24, 2.45) is 0 Å². The number of nitrogens with one attached hydrogen (secondary N) is 2. The van der Waals surface area contributed by atoms with E-state index in [1.807, 2.05) is 10.2 Å². The Morgan fingerprint density at radius 2 is 1.90 bits per heavy atom. The van der Waals surface area contributed by atoms with Crippen LogP contribution >= 0.6 is 0 Å². The molecule has 0 amide bonds. The molecule has 1 aliphatic rings. The fourth-order valence-electron chi connectivity index (χ4n) is 2.05. The number of H-pyrrole nitrogens is 2. The molecule has 8 heteroatoms. The molecule has 2 N–H and O–H groups in total. The molecule has 0 unspecified atom stereocenters. The molecule has 0 radical (unpaired) electrons. The summed E-state index contributed by atoms with van der Waals surface area (Å²) in [6.07, 6.45) is -4.75. The standard InChI is InChI=1S/C12H9F3N2O3/c13-12(14,15)10-7(11(18)17-16-10)3-6-1-2-8-9(4-6)20-5-19-8/h1-2,4H,3,5H2,(H2,16,17,18). The van der Waals surface area contributed by atoms with Gasteiger partial charge >= 0.3 is 6.18 Å². The fourth-order valence-corrected chi connectivity index (χ4v) is 2.05. The van der Waals surface area contributed by atoms with E-state index in [-0.39, 0.29) is 18.8 Å². The van der Waals surface area contributed by atoms with Crippen molar-refractivity contribution in [2.75, 3.05) is 6.79 Å². The van der Waals surface area contributed by atoms with Gasteiger partial charge in [-0.1, -0.05) is 6.07 Å². The minimum Gasteiger partial charge on any atom is -0.454 e. The number of rotatable bonds is 2. The number of halogens is 3. The average molecular weight is 286 g/mol. The Bertz CT molecular complexity index is 703. The molecule has 0 atom stereocenters. The zero-order valence-electron chi connectivity index (χ0n) is 10.0. The van der Waals surface area contributed by atoms with Crippen LogP contribution in [0.2, 0.25) is 0 Å². The quantitative estimate of drug-likeness (QED) is 0.887. The van der Waals surface area contributed by atoms with Crippen LogP contribution in [0.15, 0.2) is 23.0 Å². The maximum absolute atomic E-state index is 12.7. The Morgan fingerprint density at radius 1 is 1.15 bits per heavy atom. The highest BCUT2D eigenvalue weighted by atomic mass is 19.4. The summed E-state index contributed by atoms with van der Waals surface area (Å²) in [5.74, 6) is 0.996. The lowest BCUT2D eigenvalue weighted by molar-refractivity contribution is -0.141. The molecular weight excluding hydrogens is 277 g/mol.